The second kappa shape index (κ2) is 10.6. The molecule has 0 atom stereocenters. The predicted octanol–water partition coefficient (Wildman–Crippen LogP) is 6.41. The molecule has 1 aliphatic rings. The van der Waals surface area contributed by atoms with E-state index >= 15 is 0 Å². The number of benzene rings is 3. The van der Waals surface area contributed by atoms with Crippen LogP contribution in [-0.2, 0) is 11.3 Å². The molecule has 0 aliphatic carbocycles. The van der Waals surface area contributed by atoms with Crippen LogP contribution >= 0.6 is 46.0 Å². The number of thioether (sulfide) groups is 1. The average Bonchev–Trinajstić information content (AvgIpc) is 3.08. The van der Waals surface area contributed by atoms with Crippen molar-refractivity contribution >= 4 is 69.1 Å². The lowest BCUT2D eigenvalue weighted by molar-refractivity contribution is -0.123. The average molecular weight is 606 g/mol. The number of carbonyl (C=O) groups is 3. The number of amides is 2. The number of nitrogens with zero attached hydrogens (tertiary/aromatic N) is 1. The Bertz CT molecular complexity index is 1290. The van der Waals surface area contributed by atoms with Crippen molar-refractivity contribution < 1.29 is 23.9 Å². The molecule has 1 aliphatic heterocycles. The lowest BCUT2D eigenvalue weighted by atomic mass is 10.1. The fraction of sp³-hybridized carbons (Fsp3) is 0.0800. The molecule has 1 heterocycles. The lowest BCUT2D eigenvalue weighted by Crippen LogP contribution is -2.27. The van der Waals surface area contributed by atoms with Gasteiger partial charge in [-0.15, -0.1) is 0 Å². The monoisotopic (exact) mass is 605 g/mol. The van der Waals surface area contributed by atoms with Gasteiger partial charge in [0.05, 0.1) is 27.7 Å². The van der Waals surface area contributed by atoms with E-state index in [1.807, 2.05) is 52.9 Å². The van der Waals surface area contributed by atoms with E-state index in [1.54, 1.807) is 42.5 Å². The summed E-state index contributed by atoms with van der Waals surface area (Å²) in [6.07, 6.45) is 1.63. The maximum atomic E-state index is 12.9. The van der Waals surface area contributed by atoms with Crippen LogP contribution in [0.1, 0.15) is 21.5 Å². The zero-order chi connectivity index (χ0) is 24.2. The van der Waals surface area contributed by atoms with Crippen LogP contribution in [0.3, 0.4) is 0 Å². The number of ether oxygens (including phenoxy) is 2. The fourth-order valence-electron chi connectivity index (χ4n) is 3.21. The third kappa shape index (κ3) is 5.45. The standard InChI is InChI=1S/C25H17ClINO5S/c1-32-20-12-16(11-19(27)22(20)33-24(30)17-7-9-18(26)10-8-17)13-21-23(29)28(25(31)34-21)14-15-5-3-2-4-6-15/h2-13H,14H2,1H3/b21-13-. The van der Waals surface area contributed by atoms with Crippen molar-refractivity contribution in [2.24, 2.45) is 0 Å². The summed E-state index contributed by atoms with van der Waals surface area (Å²) in [6, 6.07) is 19.1. The quantitative estimate of drug-likeness (QED) is 0.140. The molecule has 0 bridgehead atoms. The highest BCUT2D eigenvalue weighted by Gasteiger charge is 2.35. The van der Waals surface area contributed by atoms with Crippen LogP contribution in [-0.4, -0.2) is 29.1 Å². The number of carbonyl (C=O) groups excluding carboxylic acids is 3. The van der Waals surface area contributed by atoms with E-state index < -0.39 is 5.97 Å². The SMILES string of the molecule is COc1cc(/C=C2\SC(=O)N(Cc3ccccc3)C2=O)cc(I)c1OC(=O)c1ccc(Cl)cc1. The van der Waals surface area contributed by atoms with Crippen LogP contribution in [0.25, 0.3) is 6.08 Å². The van der Waals surface area contributed by atoms with Gasteiger partial charge in [0.25, 0.3) is 11.1 Å². The maximum Gasteiger partial charge on any atom is 0.343 e. The highest BCUT2D eigenvalue weighted by atomic mass is 127. The first-order chi connectivity index (χ1) is 16.4. The Morgan fingerprint density at radius 2 is 1.79 bits per heavy atom. The Hall–Kier alpha value is -2.82. The van der Waals surface area contributed by atoms with Crippen molar-refractivity contribution in [3.63, 3.8) is 0 Å². The molecule has 0 aromatic heterocycles. The summed E-state index contributed by atoms with van der Waals surface area (Å²) < 4.78 is 11.6. The number of esters is 1. The van der Waals surface area contributed by atoms with Crippen molar-refractivity contribution in [1.82, 2.24) is 4.90 Å². The summed E-state index contributed by atoms with van der Waals surface area (Å²) in [4.78, 5) is 39.4. The highest BCUT2D eigenvalue weighted by molar-refractivity contribution is 14.1. The Kier molecular flexibility index (Phi) is 7.60. The topological polar surface area (TPSA) is 72.9 Å². The zero-order valence-corrected chi connectivity index (χ0v) is 21.5. The summed E-state index contributed by atoms with van der Waals surface area (Å²) in [5, 5.41) is 0.191. The van der Waals surface area contributed by atoms with Gasteiger partial charge in [-0.1, -0.05) is 41.9 Å². The van der Waals surface area contributed by atoms with Crippen molar-refractivity contribution in [3.8, 4) is 11.5 Å². The van der Waals surface area contributed by atoms with Crippen LogP contribution in [0.15, 0.2) is 71.6 Å². The van der Waals surface area contributed by atoms with Crippen molar-refractivity contribution in [3.05, 3.63) is 96.9 Å². The molecule has 34 heavy (non-hydrogen) atoms. The maximum absolute atomic E-state index is 12.9. The van der Waals surface area contributed by atoms with E-state index in [2.05, 4.69) is 0 Å². The number of hydrogen-bond acceptors (Lipinski definition) is 6. The van der Waals surface area contributed by atoms with Crippen molar-refractivity contribution in [1.29, 1.82) is 0 Å². The van der Waals surface area contributed by atoms with Gasteiger partial charge in [-0.3, -0.25) is 14.5 Å². The lowest BCUT2D eigenvalue weighted by Gasteiger charge is -2.13. The molecular formula is C25H17ClINO5S. The number of hydrogen-bond donors (Lipinski definition) is 0. The Morgan fingerprint density at radius 3 is 2.47 bits per heavy atom. The number of halogens is 2. The zero-order valence-electron chi connectivity index (χ0n) is 17.8. The van der Waals surface area contributed by atoms with Gasteiger partial charge in [0.15, 0.2) is 11.5 Å². The molecular weight excluding hydrogens is 589 g/mol. The van der Waals surface area contributed by atoms with E-state index in [9.17, 15) is 14.4 Å². The van der Waals surface area contributed by atoms with Gasteiger partial charge in [-0.25, -0.2) is 4.79 Å². The van der Waals surface area contributed by atoms with Crippen LogP contribution < -0.4 is 9.47 Å². The smallest absolute Gasteiger partial charge is 0.343 e. The van der Waals surface area contributed by atoms with E-state index in [0.29, 0.717) is 30.4 Å². The summed E-state index contributed by atoms with van der Waals surface area (Å²) in [5.41, 5.74) is 1.85. The van der Waals surface area contributed by atoms with Crippen LogP contribution in [0.2, 0.25) is 5.02 Å². The molecule has 0 unspecified atom stereocenters. The molecule has 3 aromatic carbocycles. The van der Waals surface area contributed by atoms with Gasteiger partial charge in [0.2, 0.25) is 0 Å². The number of methoxy groups -OCH3 is 1. The molecule has 0 N–H and O–H groups in total. The third-order valence-electron chi connectivity index (χ3n) is 4.88. The fourth-order valence-corrected chi connectivity index (χ4v) is 4.91. The summed E-state index contributed by atoms with van der Waals surface area (Å²) >= 11 is 8.80. The first-order valence-electron chi connectivity index (χ1n) is 10.0. The van der Waals surface area contributed by atoms with Gasteiger partial charge in [-0.2, -0.15) is 0 Å². The van der Waals surface area contributed by atoms with Crippen LogP contribution in [0.5, 0.6) is 11.5 Å². The van der Waals surface area contributed by atoms with Gasteiger partial charge >= 0.3 is 5.97 Å². The normalized spacial score (nSPS) is 14.6. The minimum Gasteiger partial charge on any atom is -0.493 e. The van der Waals surface area contributed by atoms with Gasteiger partial charge in [0.1, 0.15) is 0 Å². The Labute approximate surface area is 219 Å². The van der Waals surface area contributed by atoms with Crippen molar-refractivity contribution in [2.45, 2.75) is 6.54 Å². The second-order valence-corrected chi connectivity index (χ2v) is 9.78. The third-order valence-corrected chi connectivity index (χ3v) is 6.84. The number of rotatable bonds is 6. The Morgan fingerprint density at radius 1 is 1.09 bits per heavy atom. The van der Waals surface area contributed by atoms with Gasteiger partial charge in [-0.05, 0) is 88.0 Å². The van der Waals surface area contributed by atoms with Crippen molar-refractivity contribution in [2.75, 3.05) is 7.11 Å². The van der Waals surface area contributed by atoms with Gasteiger partial charge in [0, 0.05) is 5.02 Å². The molecule has 9 heteroatoms. The Balaban J connectivity index is 1.56. The van der Waals surface area contributed by atoms with Crippen LogP contribution in [0.4, 0.5) is 4.79 Å². The summed E-state index contributed by atoms with van der Waals surface area (Å²) in [5.74, 6) is -0.324. The van der Waals surface area contributed by atoms with Gasteiger partial charge < -0.3 is 9.47 Å². The number of imide groups is 1. The molecule has 1 fully saturated rings. The first-order valence-corrected chi connectivity index (χ1v) is 12.3. The van der Waals surface area contributed by atoms with E-state index in [-0.39, 0.29) is 23.4 Å². The summed E-state index contributed by atoms with van der Waals surface area (Å²) in [7, 11) is 1.46. The molecule has 3 aromatic rings. The molecule has 1 saturated heterocycles. The predicted molar refractivity (Wildman–Crippen MR) is 140 cm³/mol. The van der Waals surface area contributed by atoms with E-state index in [0.717, 1.165) is 17.3 Å². The molecule has 6 nitrogen and oxygen atoms in total. The largest absolute Gasteiger partial charge is 0.493 e. The highest BCUT2D eigenvalue weighted by Crippen LogP contribution is 2.38. The molecule has 0 radical (unpaired) electrons. The molecule has 4 rings (SSSR count). The van der Waals surface area contributed by atoms with E-state index in [4.69, 9.17) is 21.1 Å². The second-order valence-electron chi connectivity index (χ2n) is 7.18. The molecule has 172 valence electrons. The summed E-state index contributed by atoms with van der Waals surface area (Å²) in [6.45, 7) is 0.212. The first kappa shape index (κ1) is 24.3. The molecule has 0 spiro atoms. The minimum absolute atomic E-state index is 0.212. The molecule has 2 amide bonds. The molecule has 0 saturated carbocycles. The van der Waals surface area contributed by atoms with E-state index in [1.165, 1.54) is 12.0 Å². The minimum atomic E-state index is -0.553. The van der Waals surface area contributed by atoms with Crippen LogP contribution in [0, 0.1) is 3.57 Å².